The van der Waals surface area contributed by atoms with Gasteiger partial charge in [-0.2, -0.15) is 0 Å². The second-order valence-electron chi connectivity index (χ2n) is 21.7. The number of aryl methyl sites for hydroxylation is 1. The number of methoxy groups -OCH3 is 4. The van der Waals surface area contributed by atoms with Crippen LogP contribution in [0.1, 0.15) is 79.1 Å². The molecule has 21 atom stereocenters. The van der Waals surface area contributed by atoms with E-state index in [9.17, 15) is 50.1 Å². The van der Waals surface area contributed by atoms with Gasteiger partial charge in [0.2, 0.25) is 11.7 Å². The third kappa shape index (κ3) is 15.0. The molecule has 0 bridgehead atoms. The van der Waals surface area contributed by atoms with Crippen LogP contribution in [0.3, 0.4) is 0 Å². The Hall–Kier alpha value is -4.57. The van der Waals surface area contributed by atoms with E-state index < -0.39 is 156 Å². The van der Waals surface area contributed by atoms with Gasteiger partial charge in [0, 0.05) is 59.6 Å². The lowest BCUT2D eigenvalue weighted by Crippen LogP contribution is -2.71. The van der Waals surface area contributed by atoms with E-state index in [1.807, 2.05) is 20.8 Å². The SMILES string of the molecule is C/C=C/C=C/C1OC(O)(C(CC)C(=O)NC/C=C\C=C(/C)C(OC)C(C)C2OC(/C=C/C=C/C=C(\C)C(=O)c3c(O)ccn(C)c3=O)C(O)C2O)C(O)C(OC2OC(C)C(OC3OC(C)C(O)C(OC)C3OC)C(OC)C2O)C1(C)C. The average Bonchev–Trinajstić information content (AvgIpc) is 3.71. The van der Waals surface area contributed by atoms with Crippen molar-refractivity contribution in [1.82, 2.24) is 9.88 Å². The Morgan fingerprint density at radius 2 is 1.44 bits per heavy atom. The van der Waals surface area contributed by atoms with Crippen molar-refractivity contribution in [2.75, 3.05) is 35.0 Å². The normalized spacial score (nSPS) is 36.3. The molecule has 0 aromatic carbocycles. The number of pyridine rings is 1. The number of nitrogens with zero attached hydrogens (tertiary/aromatic N) is 1. The summed E-state index contributed by atoms with van der Waals surface area (Å²) in [6.45, 7) is 15.5. The molecule has 22 heteroatoms. The summed E-state index contributed by atoms with van der Waals surface area (Å²) in [5, 5.41) is 82.3. The van der Waals surface area contributed by atoms with E-state index in [1.54, 1.807) is 101 Å². The van der Waals surface area contributed by atoms with Crippen LogP contribution in [0.2, 0.25) is 0 Å². The summed E-state index contributed by atoms with van der Waals surface area (Å²) in [5.74, 6) is -6.00. The maximum atomic E-state index is 14.1. The fourth-order valence-corrected chi connectivity index (χ4v) is 11.0. The van der Waals surface area contributed by atoms with Gasteiger partial charge in [-0.1, -0.05) is 101 Å². The summed E-state index contributed by atoms with van der Waals surface area (Å²) in [4.78, 5) is 39.4. The van der Waals surface area contributed by atoms with Gasteiger partial charge in [0.25, 0.3) is 5.56 Å². The second kappa shape index (κ2) is 29.8. The number of ketones is 1. The van der Waals surface area contributed by atoms with Crippen LogP contribution < -0.4 is 10.9 Å². The Kier molecular flexibility index (Phi) is 24.7. The molecule has 1 amide bonds. The molecule has 21 unspecified atom stereocenters. The van der Waals surface area contributed by atoms with E-state index in [4.69, 9.17) is 47.4 Å². The van der Waals surface area contributed by atoms with Crippen molar-refractivity contribution in [3.63, 3.8) is 0 Å². The van der Waals surface area contributed by atoms with Crippen molar-refractivity contribution in [3.05, 3.63) is 112 Å². The molecule has 0 spiro atoms. The number of aliphatic hydroxyl groups excluding tert-OH is 5. The largest absolute Gasteiger partial charge is 0.507 e. The van der Waals surface area contributed by atoms with E-state index >= 15 is 0 Å². The molecule has 4 fully saturated rings. The first kappa shape index (κ1) is 67.2. The smallest absolute Gasteiger partial charge is 0.265 e. The van der Waals surface area contributed by atoms with Gasteiger partial charge in [-0.15, -0.1) is 0 Å². The number of carbonyl (C=O) groups is 2. The highest BCUT2D eigenvalue weighted by molar-refractivity contribution is 6.09. The van der Waals surface area contributed by atoms with Crippen LogP contribution in [0, 0.1) is 17.3 Å². The number of amides is 1. The van der Waals surface area contributed by atoms with Crippen LogP contribution in [-0.4, -0.2) is 203 Å². The lowest BCUT2D eigenvalue weighted by Gasteiger charge is -2.55. The van der Waals surface area contributed by atoms with Crippen molar-refractivity contribution in [2.24, 2.45) is 24.3 Å². The fourth-order valence-electron chi connectivity index (χ4n) is 11.0. The van der Waals surface area contributed by atoms with Crippen molar-refractivity contribution in [1.29, 1.82) is 0 Å². The monoisotopic (exact) mass is 1140 g/mol. The lowest BCUT2D eigenvalue weighted by molar-refractivity contribution is -0.399. The summed E-state index contributed by atoms with van der Waals surface area (Å²) >= 11 is 0. The van der Waals surface area contributed by atoms with Gasteiger partial charge in [-0.25, -0.2) is 0 Å². The van der Waals surface area contributed by atoms with E-state index in [-0.39, 0.29) is 24.1 Å². The lowest BCUT2D eigenvalue weighted by atomic mass is 9.70. The molecule has 0 aliphatic carbocycles. The Balaban J connectivity index is 1.24. The number of hydrogen-bond acceptors (Lipinski definition) is 20. The topological polar surface area (TPSA) is 302 Å². The number of allylic oxidation sites excluding steroid dienone is 10. The second-order valence-corrected chi connectivity index (χ2v) is 21.7. The van der Waals surface area contributed by atoms with Crippen LogP contribution >= 0.6 is 0 Å². The molecule has 5 rings (SSSR count). The highest BCUT2D eigenvalue weighted by Crippen LogP contribution is 2.47. The predicted molar refractivity (Wildman–Crippen MR) is 296 cm³/mol. The zero-order chi connectivity index (χ0) is 60.3. The Morgan fingerprint density at radius 1 is 0.802 bits per heavy atom. The summed E-state index contributed by atoms with van der Waals surface area (Å²) in [7, 11) is 7.24. The summed E-state index contributed by atoms with van der Waals surface area (Å²) in [6.07, 6.45) is 2.00. The Labute approximate surface area is 474 Å². The molecule has 454 valence electrons. The maximum absolute atomic E-state index is 14.1. The molecule has 0 saturated carbocycles. The molecular formula is C59H88N2O20. The molecular weight excluding hydrogens is 1060 g/mol. The van der Waals surface area contributed by atoms with Crippen molar-refractivity contribution in [3.8, 4) is 5.75 Å². The zero-order valence-corrected chi connectivity index (χ0v) is 48.9. The molecule has 8 N–H and O–H groups in total. The predicted octanol–water partition coefficient (Wildman–Crippen LogP) is 2.75. The van der Waals surface area contributed by atoms with Gasteiger partial charge in [-0.05, 0) is 58.3 Å². The number of nitrogens with one attached hydrogen (secondary N) is 1. The Morgan fingerprint density at radius 3 is 2.07 bits per heavy atom. The van der Waals surface area contributed by atoms with Gasteiger partial charge in [0.1, 0.15) is 72.4 Å². The molecule has 1 aromatic rings. The zero-order valence-electron chi connectivity index (χ0n) is 48.9. The van der Waals surface area contributed by atoms with Gasteiger partial charge in [0.05, 0.1) is 42.5 Å². The number of ether oxygens (including phenoxy) is 10. The number of aromatic hydroxyl groups is 1. The van der Waals surface area contributed by atoms with Crippen molar-refractivity contribution in [2.45, 2.75) is 185 Å². The van der Waals surface area contributed by atoms with E-state index in [2.05, 4.69) is 5.32 Å². The van der Waals surface area contributed by atoms with E-state index in [0.29, 0.717) is 0 Å². The minimum atomic E-state index is -2.53. The summed E-state index contributed by atoms with van der Waals surface area (Å²) < 4.78 is 61.7. The number of aliphatic hydroxyl groups is 6. The third-order valence-electron chi connectivity index (χ3n) is 15.8. The van der Waals surface area contributed by atoms with Crippen LogP contribution in [0.15, 0.2) is 101 Å². The van der Waals surface area contributed by atoms with Crippen LogP contribution in [0.5, 0.6) is 5.75 Å². The van der Waals surface area contributed by atoms with Crippen molar-refractivity contribution >= 4 is 11.7 Å². The molecule has 4 saturated heterocycles. The number of rotatable bonds is 24. The van der Waals surface area contributed by atoms with Crippen LogP contribution in [0.4, 0.5) is 0 Å². The highest BCUT2D eigenvalue weighted by Gasteiger charge is 2.63. The quantitative estimate of drug-likeness (QED) is 0.0419. The van der Waals surface area contributed by atoms with Gasteiger partial charge >= 0.3 is 0 Å². The first-order valence-corrected chi connectivity index (χ1v) is 27.4. The minimum Gasteiger partial charge on any atom is -0.507 e. The molecule has 81 heavy (non-hydrogen) atoms. The number of hydrogen-bond donors (Lipinski definition) is 8. The van der Waals surface area contributed by atoms with Crippen LogP contribution in [0.25, 0.3) is 0 Å². The van der Waals surface area contributed by atoms with Crippen LogP contribution in [-0.2, 0) is 59.2 Å². The summed E-state index contributed by atoms with van der Waals surface area (Å²) in [5.41, 5.74) is -1.14. The molecule has 5 heterocycles. The fraction of sp³-hybridized carbons (Fsp3) is 0.644. The van der Waals surface area contributed by atoms with E-state index in [0.717, 1.165) is 5.57 Å². The molecule has 22 nitrogen and oxygen atoms in total. The standard InChI is InChI=1S/C59H88N2O20/c1-15-17-19-27-39-58(8,9)53(80-56-45(67)50(74-13)48(35(7)77-56)79-57-51(75-14)49(73-12)42(64)34(6)76-57)52(68)59(71,81-39)36(16-2)54(69)60-29-23-22-25-32(4)46(72-11)33(5)47-44(66)43(65)38(78-47)26-21-18-20-24-31(3)41(63)40-37(62)28-30-61(10)55(40)70/h15,17-28,30,33-36,38-39,42-53,56-57,62,64-68,71H,16,29H2,1-14H3,(H,60,69)/b17-15+,20-18+,23-22-,26-21+,27-19+,31-24+,32-25+. The first-order valence-electron chi connectivity index (χ1n) is 27.4. The number of Topliss-reactive ketones (excluding diaryl/α,β-unsaturated/α-hetero) is 1. The number of aromatic nitrogens is 1. The van der Waals surface area contributed by atoms with Crippen molar-refractivity contribution < 1.29 is 92.7 Å². The third-order valence-corrected chi connectivity index (χ3v) is 15.8. The Bertz CT molecular complexity index is 2520. The molecule has 0 radical (unpaired) electrons. The molecule has 4 aliphatic rings. The summed E-state index contributed by atoms with van der Waals surface area (Å²) in [6, 6.07) is 1.27. The highest BCUT2D eigenvalue weighted by atomic mass is 16.8. The van der Waals surface area contributed by atoms with Gasteiger partial charge in [-0.3, -0.25) is 14.4 Å². The first-order chi connectivity index (χ1) is 38.3. The number of carbonyl (C=O) groups excluding carboxylic acids is 2. The van der Waals surface area contributed by atoms with Gasteiger partial charge in [0.15, 0.2) is 18.4 Å². The van der Waals surface area contributed by atoms with E-state index in [1.165, 1.54) is 65.3 Å². The molecule has 4 aliphatic heterocycles. The maximum Gasteiger partial charge on any atom is 0.265 e. The van der Waals surface area contributed by atoms with Gasteiger partial charge < -0.3 is 93.0 Å². The minimum absolute atomic E-state index is 0.000136. The average molecular weight is 1150 g/mol. The molecule has 1 aromatic heterocycles.